The Morgan fingerprint density at radius 3 is 2.59 bits per heavy atom. The molecule has 0 fully saturated rings. The second kappa shape index (κ2) is 6.34. The Bertz CT molecular complexity index is 730. The number of methoxy groups -OCH3 is 1. The third-order valence-electron chi connectivity index (χ3n) is 3.39. The summed E-state index contributed by atoms with van der Waals surface area (Å²) < 4.78 is 19.1. The Hall–Kier alpha value is -2.11. The first kappa shape index (κ1) is 16.3. The first-order valence-electron chi connectivity index (χ1n) is 6.40. The van der Waals surface area contributed by atoms with Crippen LogP contribution in [-0.2, 0) is 0 Å². The molecule has 0 aromatic heterocycles. The number of rotatable bonds is 4. The van der Waals surface area contributed by atoms with Gasteiger partial charge in [-0.2, -0.15) is 0 Å². The third-order valence-corrected chi connectivity index (χ3v) is 3.68. The van der Waals surface area contributed by atoms with E-state index in [-0.39, 0.29) is 27.5 Å². The van der Waals surface area contributed by atoms with Crippen molar-refractivity contribution in [3.63, 3.8) is 0 Å². The minimum absolute atomic E-state index is 0.0166. The fraction of sp³-hybridized carbons (Fsp3) is 0.188. The summed E-state index contributed by atoms with van der Waals surface area (Å²) in [5, 5.41) is 19.5. The standard InChI is InChI=1S/C16H14ClFO4/c1-8-6-13(22-2)11(16(20)21)7-10(8)15(19)9-4-3-5-12(17)14(9)18/h3-7,15,19H,1-2H3,(H,20,21). The summed E-state index contributed by atoms with van der Waals surface area (Å²) in [6.45, 7) is 1.68. The van der Waals surface area contributed by atoms with Gasteiger partial charge in [-0.3, -0.25) is 0 Å². The molecule has 0 bridgehead atoms. The molecule has 2 rings (SSSR count). The average Bonchev–Trinajstić information content (AvgIpc) is 2.48. The number of carbonyl (C=O) groups is 1. The molecule has 0 spiro atoms. The van der Waals surface area contributed by atoms with E-state index in [1.807, 2.05) is 0 Å². The number of aliphatic hydroxyl groups is 1. The number of halogens is 2. The summed E-state index contributed by atoms with van der Waals surface area (Å²) in [7, 11) is 1.36. The molecule has 2 aromatic carbocycles. The van der Waals surface area contributed by atoms with Crippen molar-refractivity contribution in [2.45, 2.75) is 13.0 Å². The molecule has 22 heavy (non-hydrogen) atoms. The van der Waals surface area contributed by atoms with E-state index in [1.54, 1.807) is 6.92 Å². The van der Waals surface area contributed by atoms with Crippen LogP contribution >= 0.6 is 11.6 Å². The van der Waals surface area contributed by atoms with E-state index < -0.39 is 17.9 Å². The average molecular weight is 325 g/mol. The van der Waals surface area contributed by atoms with E-state index in [0.29, 0.717) is 5.56 Å². The lowest BCUT2D eigenvalue weighted by molar-refractivity contribution is 0.0693. The maximum Gasteiger partial charge on any atom is 0.339 e. The Morgan fingerprint density at radius 2 is 2.00 bits per heavy atom. The van der Waals surface area contributed by atoms with Gasteiger partial charge in [-0.25, -0.2) is 9.18 Å². The van der Waals surface area contributed by atoms with Gasteiger partial charge in [0.2, 0.25) is 0 Å². The lowest BCUT2D eigenvalue weighted by atomic mass is 9.94. The zero-order valence-corrected chi connectivity index (χ0v) is 12.7. The fourth-order valence-electron chi connectivity index (χ4n) is 2.23. The number of aliphatic hydroxyl groups excluding tert-OH is 1. The molecule has 0 aliphatic carbocycles. The van der Waals surface area contributed by atoms with Crippen LogP contribution in [0, 0.1) is 12.7 Å². The molecule has 1 unspecified atom stereocenters. The normalized spacial score (nSPS) is 12.0. The van der Waals surface area contributed by atoms with Crippen LogP contribution in [-0.4, -0.2) is 23.3 Å². The maximum atomic E-state index is 14.0. The Kier molecular flexibility index (Phi) is 4.68. The monoisotopic (exact) mass is 324 g/mol. The molecule has 0 aliphatic rings. The minimum Gasteiger partial charge on any atom is -0.496 e. The second-order valence-corrected chi connectivity index (χ2v) is 5.17. The molecular weight excluding hydrogens is 311 g/mol. The summed E-state index contributed by atoms with van der Waals surface area (Å²) in [5.41, 5.74) is 0.731. The Labute approximate surface area is 131 Å². The molecule has 0 aliphatic heterocycles. The zero-order chi connectivity index (χ0) is 16.4. The van der Waals surface area contributed by atoms with E-state index in [1.165, 1.54) is 37.4 Å². The molecule has 1 atom stereocenters. The van der Waals surface area contributed by atoms with Gasteiger partial charge >= 0.3 is 5.97 Å². The Morgan fingerprint density at radius 1 is 1.32 bits per heavy atom. The summed E-state index contributed by atoms with van der Waals surface area (Å²) in [5.74, 6) is -1.76. The number of hydrogen-bond acceptors (Lipinski definition) is 3. The smallest absolute Gasteiger partial charge is 0.339 e. The van der Waals surface area contributed by atoms with Gasteiger partial charge in [-0.15, -0.1) is 0 Å². The summed E-state index contributed by atoms with van der Waals surface area (Å²) in [6.07, 6.45) is -1.33. The first-order chi connectivity index (χ1) is 10.4. The van der Waals surface area contributed by atoms with Gasteiger partial charge in [0, 0.05) is 5.56 Å². The molecule has 2 aromatic rings. The summed E-state index contributed by atoms with van der Waals surface area (Å²) in [6, 6.07) is 7.06. The predicted octanol–water partition coefficient (Wildman–Crippen LogP) is 3.58. The van der Waals surface area contributed by atoms with E-state index in [9.17, 15) is 19.4 Å². The highest BCUT2D eigenvalue weighted by Gasteiger charge is 2.22. The number of carboxylic acids is 1. The maximum absolute atomic E-state index is 14.0. The highest BCUT2D eigenvalue weighted by Crippen LogP contribution is 2.33. The van der Waals surface area contributed by atoms with Gasteiger partial charge in [0.1, 0.15) is 23.2 Å². The Balaban J connectivity index is 2.59. The summed E-state index contributed by atoms with van der Waals surface area (Å²) in [4.78, 5) is 11.3. The molecule has 0 saturated heterocycles. The topological polar surface area (TPSA) is 66.8 Å². The van der Waals surface area contributed by atoms with Crippen LogP contribution in [0.5, 0.6) is 5.75 Å². The van der Waals surface area contributed by atoms with E-state index in [0.717, 1.165) is 0 Å². The van der Waals surface area contributed by atoms with Crippen LogP contribution in [0.1, 0.15) is 33.2 Å². The van der Waals surface area contributed by atoms with Crippen molar-refractivity contribution in [1.82, 2.24) is 0 Å². The lowest BCUT2D eigenvalue weighted by Gasteiger charge is -2.17. The van der Waals surface area contributed by atoms with Crippen molar-refractivity contribution < 1.29 is 24.1 Å². The first-order valence-corrected chi connectivity index (χ1v) is 6.78. The lowest BCUT2D eigenvalue weighted by Crippen LogP contribution is -2.09. The van der Waals surface area contributed by atoms with Crippen molar-refractivity contribution in [3.8, 4) is 5.75 Å². The van der Waals surface area contributed by atoms with Crippen molar-refractivity contribution in [2.24, 2.45) is 0 Å². The van der Waals surface area contributed by atoms with Crippen molar-refractivity contribution >= 4 is 17.6 Å². The highest BCUT2D eigenvalue weighted by atomic mass is 35.5. The van der Waals surface area contributed by atoms with Crippen molar-refractivity contribution in [1.29, 1.82) is 0 Å². The van der Waals surface area contributed by atoms with Gasteiger partial charge in [0.25, 0.3) is 0 Å². The van der Waals surface area contributed by atoms with Crippen molar-refractivity contribution in [3.05, 3.63) is 63.4 Å². The fourth-order valence-corrected chi connectivity index (χ4v) is 2.41. The van der Waals surface area contributed by atoms with Crippen LogP contribution in [0.3, 0.4) is 0 Å². The molecule has 6 heteroatoms. The number of benzene rings is 2. The molecule has 0 heterocycles. The third kappa shape index (κ3) is 2.91. The van der Waals surface area contributed by atoms with Gasteiger partial charge in [-0.1, -0.05) is 23.7 Å². The van der Waals surface area contributed by atoms with Crippen LogP contribution in [0.4, 0.5) is 4.39 Å². The second-order valence-electron chi connectivity index (χ2n) is 4.76. The molecular formula is C16H14ClFO4. The largest absolute Gasteiger partial charge is 0.496 e. The summed E-state index contributed by atoms with van der Waals surface area (Å²) >= 11 is 5.71. The molecule has 2 N–H and O–H groups in total. The van der Waals surface area contributed by atoms with Gasteiger partial charge in [0.15, 0.2) is 0 Å². The number of carboxylic acid groups (broad SMARTS) is 1. The van der Waals surface area contributed by atoms with Crippen LogP contribution in [0.2, 0.25) is 5.02 Å². The number of ether oxygens (including phenoxy) is 1. The van der Waals surface area contributed by atoms with E-state index in [4.69, 9.17) is 16.3 Å². The van der Waals surface area contributed by atoms with Crippen molar-refractivity contribution in [2.75, 3.05) is 7.11 Å². The molecule has 0 saturated carbocycles. The van der Waals surface area contributed by atoms with E-state index >= 15 is 0 Å². The van der Waals surface area contributed by atoms with Gasteiger partial charge in [0.05, 0.1) is 12.1 Å². The number of aryl methyl sites for hydroxylation is 1. The predicted molar refractivity (Wildman–Crippen MR) is 80.2 cm³/mol. The van der Waals surface area contributed by atoms with Crippen LogP contribution in [0.25, 0.3) is 0 Å². The number of aromatic carboxylic acids is 1. The van der Waals surface area contributed by atoms with Gasteiger partial charge < -0.3 is 14.9 Å². The quantitative estimate of drug-likeness (QED) is 0.902. The molecule has 116 valence electrons. The molecule has 4 nitrogen and oxygen atoms in total. The number of hydrogen-bond donors (Lipinski definition) is 2. The highest BCUT2D eigenvalue weighted by molar-refractivity contribution is 6.30. The molecule has 0 amide bonds. The van der Waals surface area contributed by atoms with E-state index in [2.05, 4.69) is 0 Å². The SMILES string of the molecule is COc1cc(C)c(C(O)c2cccc(Cl)c2F)cc1C(=O)O. The zero-order valence-electron chi connectivity index (χ0n) is 11.9. The van der Waals surface area contributed by atoms with Gasteiger partial charge in [-0.05, 0) is 36.2 Å². The minimum atomic E-state index is -1.33. The molecule has 0 radical (unpaired) electrons. The van der Waals surface area contributed by atoms with Crippen LogP contribution < -0.4 is 4.74 Å². The van der Waals surface area contributed by atoms with Crippen LogP contribution in [0.15, 0.2) is 30.3 Å².